The van der Waals surface area contributed by atoms with Crippen LogP contribution in [0.4, 0.5) is 0 Å². The first-order valence-electron chi connectivity index (χ1n) is 17.1. The molecule has 0 aromatic heterocycles. The van der Waals surface area contributed by atoms with Gasteiger partial charge in [-0.15, -0.1) is 0 Å². The number of benzene rings is 9. The van der Waals surface area contributed by atoms with Crippen molar-refractivity contribution in [3.8, 4) is 72.8 Å². The van der Waals surface area contributed by atoms with E-state index in [0.29, 0.717) is 5.56 Å². The summed E-state index contributed by atoms with van der Waals surface area (Å²) in [5, 5.41) is 16.8. The fourth-order valence-corrected chi connectivity index (χ4v) is 8.21. The summed E-state index contributed by atoms with van der Waals surface area (Å²) in [6.45, 7) is 0. The van der Waals surface area contributed by atoms with Gasteiger partial charge in [0.25, 0.3) is 0 Å². The highest BCUT2D eigenvalue weighted by Crippen LogP contribution is 2.57. The van der Waals surface area contributed by atoms with Crippen molar-refractivity contribution in [1.82, 2.24) is 0 Å². The molecule has 10 rings (SSSR count). The summed E-state index contributed by atoms with van der Waals surface area (Å²) in [6.07, 6.45) is 0. The lowest BCUT2D eigenvalue weighted by Gasteiger charge is -2.21. The van der Waals surface area contributed by atoms with Gasteiger partial charge in [0.1, 0.15) is 0 Å². The molecule has 0 unspecified atom stereocenters. The quantitative estimate of drug-likeness (QED) is 0.190. The van der Waals surface area contributed by atoms with Crippen molar-refractivity contribution in [2.45, 2.75) is 0 Å². The van der Waals surface area contributed by atoms with Crippen LogP contribution in [0.3, 0.4) is 0 Å². The molecule has 0 aliphatic heterocycles. The minimum absolute atomic E-state index is 0.671. The Morgan fingerprint density at radius 1 is 0.320 bits per heavy atom. The van der Waals surface area contributed by atoms with Crippen LogP contribution in [0.5, 0.6) is 0 Å². The Hall–Kier alpha value is -6.75. The zero-order valence-corrected chi connectivity index (χ0v) is 27.2. The smallest absolute Gasteiger partial charge is 0.0991 e. The molecule has 9 aromatic rings. The molecular weight excluding hydrogens is 603 g/mol. The highest BCUT2D eigenvalue weighted by molar-refractivity contribution is 6.27. The first-order chi connectivity index (χ1) is 24.8. The van der Waals surface area contributed by atoms with Gasteiger partial charge in [0.15, 0.2) is 0 Å². The Morgan fingerprint density at radius 3 is 1.50 bits per heavy atom. The monoisotopic (exact) mass is 631 g/mol. The number of hydrogen-bond acceptors (Lipinski definition) is 1. The maximum Gasteiger partial charge on any atom is 0.0991 e. The van der Waals surface area contributed by atoms with Gasteiger partial charge < -0.3 is 0 Å². The van der Waals surface area contributed by atoms with Crippen LogP contribution in [0.25, 0.3) is 99.1 Å². The topological polar surface area (TPSA) is 23.8 Å². The van der Waals surface area contributed by atoms with Crippen LogP contribution in [-0.4, -0.2) is 0 Å². The van der Waals surface area contributed by atoms with Crippen molar-refractivity contribution in [3.05, 3.63) is 181 Å². The molecule has 9 aromatic carbocycles. The molecular formula is C49H29N. The lowest BCUT2D eigenvalue weighted by atomic mass is 9.81. The normalized spacial score (nSPS) is 11.6. The summed E-state index contributed by atoms with van der Waals surface area (Å²) in [5.41, 5.74) is 15.6. The minimum atomic E-state index is 0.671. The van der Waals surface area contributed by atoms with Crippen molar-refractivity contribution < 1.29 is 0 Å². The fraction of sp³-hybridized carbons (Fsp3) is 0. The van der Waals surface area contributed by atoms with E-state index in [1.807, 2.05) is 24.3 Å². The van der Waals surface area contributed by atoms with Crippen LogP contribution < -0.4 is 0 Å². The summed E-state index contributed by atoms with van der Waals surface area (Å²) in [5.74, 6) is 0. The molecule has 0 atom stereocenters. The lowest BCUT2D eigenvalue weighted by molar-refractivity contribution is 1.48. The van der Waals surface area contributed by atoms with Crippen LogP contribution in [-0.2, 0) is 0 Å². The largest absolute Gasteiger partial charge is 0.192 e. The Labute approximate surface area is 291 Å². The van der Waals surface area contributed by atoms with Crippen molar-refractivity contribution in [1.29, 1.82) is 5.26 Å². The van der Waals surface area contributed by atoms with Crippen molar-refractivity contribution in [2.75, 3.05) is 0 Å². The van der Waals surface area contributed by atoms with Gasteiger partial charge in [-0.2, -0.15) is 5.26 Å². The summed E-state index contributed by atoms with van der Waals surface area (Å²) >= 11 is 0. The number of nitrogens with zero attached hydrogens (tertiary/aromatic N) is 1. The second-order valence-electron chi connectivity index (χ2n) is 13.1. The number of rotatable bonds is 4. The van der Waals surface area contributed by atoms with Crippen LogP contribution in [0.15, 0.2) is 176 Å². The Bertz CT molecular complexity index is 2830. The van der Waals surface area contributed by atoms with E-state index in [0.717, 1.165) is 11.1 Å². The first-order valence-corrected chi connectivity index (χ1v) is 17.1. The molecule has 1 aliphatic rings. The van der Waals surface area contributed by atoms with Crippen LogP contribution in [0.1, 0.15) is 5.56 Å². The molecule has 50 heavy (non-hydrogen) atoms. The molecule has 1 heteroatoms. The molecule has 1 aliphatic carbocycles. The van der Waals surface area contributed by atoms with E-state index < -0.39 is 0 Å². The van der Waals surface area contributed by atoms with Crippen molar-refractivity contribution in [3.63, 3.8) is 0 Å². The van der Waals surface area contributed by atoms with Gasteiger partial charge in [0.2, 0.25) is 0 Å². The first kappa shape index (κ1) is 28.3. The zero-order chi connectivity index (χ0) is 33.2. The third-order valence-electron chi connectivity index (χ3n) is 10.4. The van der Waals surface area contributed by atoms with E-state index in [9.17, 15) is 5.26 Å². The Kier molecular flexibility index (Phi) is 6.31. The summed E-state index contributed by atoms with van der Waals surface area (Å²) in [7, 11) is 0. The summed E-state index contributed by atoms with van der Waals surface area (Å²) < 4.78 is 0. The minimum Gasteiger partial charge on any atom is -0.192 e. The zero-order valence-electron chi connectivity index (χ0n) is 27.2. The highest BCUT2D eigenvalue weighted by Gasteiger charge is 2.30. The van der Waals surface area contributed by atoms with Crippen LogP contribution >= 0.6 is 0 Å². The average Bonchev–Trinajstić information content (AvgIpc) is 3.52. The molecule has 0 N–H and O–H groups in total. The van der Waals surface area contributed by atoms with Gasteiger partial charge in [-0.05, 0) is 123 Å². The van der Waals surface area contributed by atoms with E-state index in [2.05, 4.69) is 158 Å². The van der Waals surface area contributed by atoms with Crippen LogP contribution in [0, 0.1) is 11.3 Å². The van der Waals surface area contributed by atoms with E-state index in [4.69, 9.17) is 0 Å². The predicted molar refractivity (Wildman–Crippen MR) is 210 cm³/mol. The third kappa shape index (κ3) is 4.26. The summed E-state index contributed by atoms with van der Waals surface area (Å²) in [6, 6.07) is 65.8. The molecule has 0 saturated carbocycles. The fourth-order valence-electron chi connectivity index (χ4n) is 8.21. The second-order valence-corrected chi connectivity index (χ2v) is 13.1. The van der Waals surface area contributed by atoms with Gasteiger partial charge >= 0.3 is 0 Å². The molecule has 0 amide bonds. The molecule has 0 radical (unpaired) electrons. The predicted octanol–water partition coefficient (Wildman–Crippen LogP) is 13.3. The van der Waals surface area contributed by atoms with Gasteiger partial charge in [0.05, 0.1) is 11.6 Å². The van der Waals surface area contributed by atoms with E-state index >= 15 is 0 Å². The molecule has 230 valence electrons. The van der Waals surface area contributed by atoms with Gasteiger partial charge in [-0.3, -0.25) is 0 Å². The molecule has 0 heterocycles. The number of nitriles is 1. The standard InChI is InChI=1S/C49H29N/c50-30-31-20-22-32(23-21-31)36-24-26-40-37(28-36)16-9-17-39(40)38-25-27-41-44(29-38)47(35-12-5-2-6-13-35)49-43-19-8-15-33-14-7-18-42(45(33)43)48(49)46(41)34-10-3-1-4-11-34/h1-29H. The molecule has 0 spiro atoms. The van der Waals surface area contributed by atoms with Crippen LogP contribution in [0.2, 0.25) is 0 Å². The Morgan fingerprint density at radius 2 is 0.860 bits per heavy atom. The second kappa shape index (κ2) is 11.2. The molecule has 0 fully saturated rings. The maximum absolute atomic E-state index is 9.27. The summed E-state index contributed by atoms with van der Waals surface area (Å²) in [4.78, 5) is 0. The molecule has 0 bridgehead atoms. The third-order valence-corrected chi connectivity index (χ3v) is 10.4. The van der Waals surface area contributed by atoms with E-state index in [1.54, 1.807) is 0 Å². The number of hydrogen-bond donors (Lipinski definition) is 0. The molecule has 0 saturated heterocycles. The SMILES string of the molecule is N#Cc1ccc(-c2ccc3c(-c4ccc5c(-c6ccccc6)c6c(c(-c7ccccc7)c5c4)-c4cccc5cccc-6c45)cccc3c2)cc1. The van der Waals surface area contributed by atoms with Gasteiger partial charge in [-0.1, -0.05) is 152 Å². The van der Waals surface area contributed by atoms with Crippen molar-refractivity contribution in [2.24, 2.45) is 0 Å². The number of fused-ring (bicyclic) bond motifs is 5. The highest BCUT2D eigenvalue weighted by atomic mass is 14.3. The Balaban J connectivity index is 1.27. The maximum atomic E-state index is 9.27. The van der Waals surface area contributed by atoms with Gasteiger partial charge in [0, 0.05) is 0 Å². The van der Waals surface area contributed by atoms with Crippen molar-refractivity contribution >= 4 is 32.3 Å². The molecule has 1 nitrogen and oxygen atoms in total. The van der Waals surface area contributed by atoms with E-state index in [1.165, 1.54) is 88.0 Å². The lowest BCUT2D eigenvalue weighted by Crippen LogP contribution is -1.94. The van der Waals surface area contributed by atoms with Gasteiger partial charge in [-0.25, -0.2) is 0 Å². The average molecular weight is 632 g/mol. The van der Waals surface area contributed by atoms with E-state index in [-0.39, 0.29) is 0 Å².